The molecule has 1 aliphatic heterocycles. The zero-order valence-electron chi connectivity index (χ0n) is 14.6. The van der Waals surface area contributed by atoms with Gasteiger partial charge in [-0.25, -0.2) is 0 Å². The SMILES string of the molecule is CCC(CC)CNC(=NC)N1CCN(c2cnn(C)c2)C(=O)C1. The topological polar surface area (TPSA) is 65.8 Å². The highest BCUT2D eigenvalue weighted by atomic mass is 16.2. The third kappa shape index (κ3) is 4.24. The average Bonchev–Trinajstić information content (AvgIpc) is 2.98. The number of anilines is 1. The zero-order valence-corrected chi connectivity index (χ0v) is 14.6. The first-order valence-electron chi connectivity index (χ1n) is 8.33. The van der Waals surface area contributed by atoms with Crippen LogP contribution in [0.3, 0.4) is 0 Å². The summed E-state index contributed by atoms with van der Waals surface area (Å²) in [6.45, 7) is 7.07. The number of aryl methyl sites for hydroxylation is 1. The highest BCUT2D eigenvalue weighted by Gasteiger charge is 2.27. The molecule has 0 bridgehead atoms. The number of hydrogen-bond donors (Lipinski definition) is 1. The molecule has 1 fully saturated rings. The fraction of sp³-hybridized carbons (Fsp3) is 0.688. The normalized spacial score (nSPS) is 16.4. The fourth-order valence-electron chi connectivity index (χ4n) is 2.82. The minimum Gasteiger partial charge on any atom is -0.356 e. The van der Waals surface area contributed by atoms with E-state index in [4.69, 9.17) is 0 Å². The maximum Gasteiger partial charge on any atom is 0.246 e. The van der Waals surface area contributed by atoms with E-state index in [0.29, 0.717) is 19.0 Å². The summed E-state index contributed by atoms with van der Waals surface area (Å²) in [4.78, 5) is 20.6. The van der Waals surface area contributed by atoms with Crippen molar-refractivity contribution in [1.82, 2.24) is 20.0 Å². The number of carbonyl (C=O) groups excluding carboxylic acids is 1. The van der Waals surface area contributed by atoms with Gasteiger partial charge in [0.15, 0.2) is 5.96 Å². The monoisotopic (exact) mass is 320 g/mol. The molecule has 1 aromatic rings. The lowest BCUT2D eigenvalue weighted by molar-refractivity contribution is -0.120. The van der Waals surface area contributed by atoms with Crippen molar-refractivity contribution in [2.75, 3.05) is 38.1 Å². The number of rotatable bonds is 5. The van der Waals surface area contributed by atoms with Crippen LogP contribution in [0.1, 0.15) is 26.7 Å². The highest BCUT2D eigenvalue weighted by molar-refractivity contribution is 5.98. The number of aliphatic imine (C=N–C) groups is 1. The average molecular weight is 320 g/mol. The van der Waals surface area contributed by atoms with Crippen molar-refractivity contribution < 1.29 is 4.79 Å². The van der Waals surface area contributed by atoms with Gasteiger partial charge in [-0.3, -0.25) is 14.5 Å². The van der Waals surface area contributed by atoms with Crippen LogP contribution in [-0.4, -0.2) is 59.8 Å². The van der Waals surface area contributed by atoms with E-state index in [1.165, 1.54) is 0 Å². The lowest BCUT2D eigenvalue weighted by atomic mass is 10.0. The number of aromatic nitrogens is 2. The predicted octanol–water partition coefficient (Wildman–Crippen LogP) is 1.08. The molecular weight excluding hydrogens is 292 g/mol. The van der Waals surface area contributed by atoms with Crippen LogP contribution in [0, 0.1) is 5.92 Å². The second kappa shape index (κ2) is 7.99. The summed E-state index contributed by atoms with van der Waals surface area (Å²) in [5.41, 5.74) is 0.858. The van der Waals surface area contributed by atoms with Crippen molar-refractivity contribution in [3.05, 3.63) is 12.4 Å². The zero-order chi connectivity index (χ0) is 16.8. The Kier molecular flexibility index (Phi) is 6.01. The van der Waals surface area contributed by atoms with Crippen LogP contribution >= 0.6 is 0 Å². The van der Waals surface area contributed by atoms with Gasteiger partial charge >= 0.3 is 0 Å². The molecule has 2 heterocycles. The van der Waals surface area contributed by atoms with Crippen molar-refractivity contribution in [1.29, 1.82) is 0 Å². The number of hydrogen-bond acceptors (Lipinski definition) is 3. The maximum absolute atomic E-state index is 12.4. The molecule has 0 saturated carbocycles. The van der Waals surface area contributed by atoms with Crippen LogP contribution in [0.2, 0.25) is 0 Å². The Bertz CT molecular complexity index is 549. The summed E-state index contributed by atoms with van der Waals surface area (Å²) >= 11 is 0. The molecule has 7 heteroatoms. The quantitative estimate of drug-likeness (QED) is 0.651. The van der Waals surface area contributed by atoms with Crippen LogP contribution in [-0.2, 0) is 11.8 Å². The fourth-order valence-corrected chi connectivity index (χ4v) is 2.82. The number of guanidine groups is 1. The van der Waals surface area contributed by atoms with Gasteiger partial charge < -0.3 is 15.1 Å². The van der Waals surface area contributed by atoms with Gasteiger partial charge in [0.05, 0.1) is 11.9 Å². The van der Waals surface area contributed by atoms with Crippen molar-refractivity contribution in [3.8, 4) is 0 Å². The van der Waals surface area contributed by atoms with Crippen molar-refractivity contribution in [3.63, 3.8) is 0 Å². The van der Waals surface area contributed by atoms with Gasteiger partial charge in [0.25, 0.3) is 0 Å². The summed E-state index contributed by atoms with van der Waals surface area (Å²) in [7, 11) is 3.63. The third-order valence-corrected chi connectivity index (χ3v) is 4.44. The molecule has 23 heavy (non-hydrogen) atoms. The van der Waals surface area contributed by atoms with E-state index < -0.39 is 0 Å². The molecule has 0 aliphatic carbocycles. The first kappa shape index (κ1) is 17.3. The molecule has 1 N–H and O–H groups in total. The molecule has 1 saturated heterocycles. The number of nitrogens with zero attached hydrogens (tertiary/aromatic N) is 5. The van der Waals surface area contributed by atoms with E-state index in [1.807, 2.05) is 18.1 Å². The van der Waals surface area contributed by atoms with Crippen LogP contribution in [0.25, 0.3) is 0 Å². The Balaban J connectivity index is 1.94. The molecule has 1 amide bonds. The summed E-state index contributed by atoms with van der Waals surface area (Å²) in [5.74, 6) is 1.53. The molecule has 0 aromatic carbocycles. The molecular formula is C16H28N6O. The van der Waals surface area contributed by atoms with Crippen LogP contribution < -0.4 is 10.2 Å². The van der Waals surface area contributed by atoms with Gasteiger partial charge in [0.1, 0.15) is 6.54 Å². The van der Waals surface area contributed by atoms with Crippen LogP contribution in [0.5, 0.6) is 0 Å². The number of piperazine rings is 1. The summed E-state index contributed by atoms with van der Waals surface area (Å²) < 4.78 is 1.71. The molecule has 0 radical (unpaired) electrons. The molecule has 0 atom stereocenters. The second-order valence-electron chi connectivity index (χ2n) is 5.95. The molecule has 2 rings (SSSR count). The predicted molar refractivity (Wildman–Crippen MR) is 92.6 cm³/mol. The first-order chi connectivity index (χ1) is 11.1. The number of nitrogens with one attached hydrogen (secondary N) is 1. The van der Waals surface area contributed by atoms with Crippen molar-refractivity contribution in [2.45, 2.75) is 26.7 Å². The van der Waals surface area contributed by atoms with E-state index >= 15 is 0 Å². The molecule has 1 aromatic heterocycles. The molecule has 0 spiro atoms. The van der Waals surface area contributed by atoms with E-state index in [2.05, 4.69) is 29.3 Å². The van der Waals surface area contributed by atoms with E-state index in [9.17, 15) is 4.79 Å². The molecule has 7 nitrogen and oxygen atoms in total. The van der Waals surface area contributed by atoms with Gasteiger partial charge in [0.2, 0.25) is 5.91 Å². The van der Waals surface area contributed by atoms with Crippen LogP contribution in [0.15, 0.2) is 17.4 Å². The van der Waals surface area contributed by atoms with E-state index in [0.717, 1.165) is 37.6 Å². The minimum absolute atomic E-state index is 0.0785. The van der Waals surface area contributed by atoms with E-state index in [-0.39, 0.29) is 5.91 Å². The standard InChI is InChI=1S/C16H28N6O/c1-5-13(6-2)9-18-16(17-3)21-7-8-22(15(23)12-21)14-10-19-20(4)11-14/h10-11,13H,5-9,12H2,1-4H3,(H,17,18). The summed E-state index contributed by atoms with van der Waals surface area (Å²) in [5, 5.41) is 7.55. The second-order valence-corrected chi connectivity index (χ2v) is 5.95. The molecule has 128 valence electrons. The highest BCUT2D eigenvalue weighted by Crippen LogP contribution is 2.16. The van der Waals surface area contributed by atoms with Crippen molar-refractivity contribution in [2.24, 2.45) is 18.0 Å². The Morgan fingerprint density at radius 3 is 2.65 bits per heavy atom. The van der Waals surface area contributed by atoms with Gasteiger partial charge in [-0.2, -0.15) is 5.10 Å². The lowest BCUT2D eigenvalue weighted by Crippen LogP contribution is -2.55. The van der Waals surface area contributed by atoms with Crippen molar-refractivity contribution >= 4 is 17.6 Å². The number of carbonyl (C=O) groups is 1. The maximum atomic E-state index is 12.4. The smallest absolute Gasteiger partial charge is 0.246 e. The summed E-state index contributed by atoms with van der Waals surface area (Å²) in [6.07, 6.45) is 5.89. The van der Waals surface area contributed by atoms with Crippen LogP contribution in [0.4, 0.5) is 5.69 Å². The first-order valence-corrected chi connectivity index (χ1v) is 8.33. The molecule has 1 aliphatic rings. The van der Waals surface area contributed by atoms with Gasteiger partial charge in [0, 0.05) is 39.9 Å². The van der Waals surface area contributed by atoms with Gasteiger partial charge in [-0.1, -0.05) is 26.7 Å². The Morgan fingerprint density at radius 2 is 2.13 bits per heavy atom. The Labute approximate surface area is 138 Å². The Hall–Kier alpha value is -2.05. The van der Waals surface area contributed by atoms with E-state index in [1.54, 1.807) is 22.8 Å². The molecule has 0 unspecified atom stereocenters. The minimum atomic E-state index is 0.0785. The number of amides is 1. The van der Waals surface area contributed by atoms with Gasteiger partial charge in [-0.05, 0) is 5.92 Å². The van der Waals surface area contributed by atoms with Gasteiger partial charge in [-0.15, -0.1) is 0 Å². The Morgan fingerprint density at radius 1 is 1.39 bits per heavy atom. The third-order valence-electron chi connectivity index (χ3n) is 4.44. The lowest BCUT2D eigenvalue weighted by Gasteiger charge is -2.35. The largest absolute Gasteiger partial charge is 0.356 e. The summed E-state index contributed by atoms with van der Waals surface area (Å²) in [6, 6.07) is 0.